The average molecular weight is 352 g/mol. The molecule has 1 aliphatic heterocycles. The second-order valence-electron chi connectivity index (χ2n) is 5.63. The summed E-state index contributed by atoms with van der Waals surface area (Å²) < 4.78 is 17.2. The molecule has 1 aromatic heterocycles. The zero-order valence-electron chi connectivity index (χ0n) is 12.2. The van der Waals surface area contributed by atoms with E-state index in [4.69, 9.17) is 5.10 Å². The second-order valence-corrected chi connectivity index (χ2v) is 6.42. The highest BCUT2D eigenvalue weighted by Crippen LogP contribution is 2.39. The average Bonchev–Trinajstić information content (AvgIpc) is 2.77. The van der Waals surface area contributed by atoms with Crippen molar-refractivity contribution in [3.8, 4) is 0 Å². The van der Waals surface area contributed by atoms with Crippen LogP contribution in [-0.2, 0) is 6.42 Å². The number of hydrogen-bond acceptors (Lipinski definition) is 2. The highest BCUT2D eigenvalue weighted by atomic mass is 79.9. The number of rotatable bonds is 3. The smallest absolute Gasteiger partial charge is 0.139 e. The lowest BCUT2D eigenvalue weighted by atomic mass is 9.92. The standard InChI is InChI=1S/C16H19BrFN3/c1-3-6-13-14(17)16-19-9-10(2)15(21(16)20-13)11-7-4-5-8-12(11)18/h4-5,7-8,10,15,19H,3,6,9H2,1-2H3. The van der Waals surface area contributed by atoms with Crippen LogP contribution in [0.2, 0.25) is 0 Å². The van der Waals surface area contributed by atoms with E-state index in [0.29, 0.717) is 5.56 Å². The van der Waals surface area contributed by atoms with Gasteiger partial charge in [0.1, 0.15) is 11.6 Å². The minimum Gasteiger partial charge on any atom is -0.369 e. The van der Waals surface area contributed by atoms with E-state index in [0.717, 1.165) is 35.4 Å². The largest absolute Gasteiger partial charge is 0.369 e. The Balaban J connectivity index is 2.11. The number of anilines is 1. The van der Waals surface area contributed by atoms with E-state index in [9.17, 15) is 4.39 Å². The van der Waals surface area contributed by atoms with Gasteiger partial charge >= 0.3 is 0 Å². The number of benzene rings is 1. The molecule has 0 amide bonds. The molecular weight excluding hydrogens is 333 g/mol. The van der Waals surface area contributed by atoms with E-state index in [2.05, 4.69) is 35.1 Å². The first-order valence-corrected chi connectivity index (χ1v) is 8.18. The van der Waals surface area contributed by atoms with E-state index in [1.165, 1.54) is 6.07 Å². The lowest BCUT2D eigenvalue weighted by Gasteiger charge is -2.32. The fraction of sp³-hybridized carbons (Fsp3) is 0.438. The Morgan fingerprint density at radius 1 is 1.43 bits per heavy atom. The summed E-state index contributed by atoms with van der Waals surface area (Å²) in [6.45, 7) is 5.08. The molecule has 2 atom stereocenters. The Kier molecular flexibility index (Phi) is 4.02. The highest BCUT2D eigenvalue weighted by Gasteiger charge is 2.32. The molecule has 0 fully saturated rings. The predicted molar refractivity (Wildman–Crippen MR) is 86.1 cm³/mol. The summed E-state index contributed by atoms with van der Waals surface area (Å²) in [5.74, 6) is 1.08. The van der Waals surface area contributed by atoms with Gasteiger partial charge in [0, 0.05) is 18.0 Å². The predicted octanol–water partition coefficient (Wildman–Crippen LogP) is 4.39. The normalized spacial score (nSPS) is 21.0. The van der Waals surface area contributed by atoms with Gasteiger partial charge in [-0.2, -0.15) is 5.10 Å². The molecular formula is C16H19BrFN3. The maximum atomic E-state index is 14.2. The Labute approximate surface area is 132 Å². The van der Waals surface area contributed by atoms with Crippen LogP contribution in [0.15, 0.2) is 28.7 Å². The molecule has 21 heavy (non-hydrogen) atoms. The maximum absolute atomic E-state index is 14.2. The van der Waals surface area contributed by atoms with Crippen molar-refractivity contribution in [2.45, 2.75) is 32.7 Å². The van der Waals surface area contributed by atoms with E-state index in [-0.39, 0.29) is 17.8 Å². The molecule has 0 radical (unpaired) electrons. The third kappa shape index (κ3) is 2.48. The Bertz CT molecular complexity index is 653. The van der Waals surface area contributed by atoms with Crippen molar-refractivity contribution >= 4 is 21.7 Å². The van der Waals surface area contributed by atoms with Gasteiger partial charge in [0.05, 0.1) is 16.2 Å². The van der Waals surface area contributed by atoms with Gasteiger partial charge in [-0.25, -0.2) is 9.07 Å². The number of nitrogens with zero attached hydrogens (tertiary/aromatic N) is 2. The van der Waals surface area contributed by atoms with Crippen LogP contribution in [0.5, 0.6) is 0 Å². The summed E-state index contributed by atoms with van der Waals surface area (Å²) in [5, 5.41) is 8.14. The minimum atomic E-state index is -0.161. The van der Waals surface area contributed by atoms with Crippen molar-refractivity contribution in [2.24, 2.45) is 5.92 Å². The number of nitrogens with one attached hydrogen (secondary N) is 1. The Morgan fingerprint density at radius 2 is 2.19 bits per heavy atom. The van der Waals surface area contributed by atoms with Crippen LogP contribution in [0.3, 0.4) is 0 Å². The molecule has 0 saturated heterocycles. The molecule has 1 aromatic carbocycles. The molecule has 0 spiro atoms. The quantitative estimate of drug-likeness (QED) is 0.888. The molecule has 5 heteroatoms. The van der Waals surface area contributed by atoms with E-state index < -0.39 is 0 Å². The van der Waals surface area contributed by atoms with E-state index in [1.807, 2.05) is 16.8 Å². The summed E-state index contributed by atoms with van der Waals surface area (Å²) in [6, 6.07) is 6.94. The van der Waals surface area contributed by atoms with Crippen LogP contribution in [-0.4, -0.2) is 16.3 Å². The third-order valence-electron chi connectivity index (χ3n) is 4.02. The molecule has 2 unspecified atom stereocenters. The van der Waals surface area contributed by atoms with Gasteiger partial charge in [-0.05, 0) is 28.4 Å². The van der Waals surface area contributed by atoms with Crippen LogP contribution in [0.4, 0.5) is 10.2 Å². The summed E-state index contributed by atoms with van der Waals surface area (Å²) >= 11 is 3.64. The van der Waals surface area contributed by atoms with Gasteiger partial charge in [0.25, 0.3) is 0 Å². The van der Waals surface area contributed by atoms with Crippen molar-refractivity contribution in [3.05, 3.63) is 45.8 Å². The van der Waals surface area contributed by atoms with Crippen LogP contribution < -0.4 is 5.32 Å². The monoisotopic (exact) mass is 351 g/mol. The fourth-order valence-corrected chi connectivity index (χ4v) is 3.58. The first-order chi connectivity index (χ1) is 10.1. The SMILES string of the molecule is CCCc1nn2c(c1Br)NCC(C)C2c1ccccc1F. The van der Waals surface area contributed by atoms with Gasteiger partial charge in [-0.1, -0.05) is 38.5 Å². The van der Waals surface area contributed by atoms with Crippen molar-refractivity contribution in [2.75, 3.05) is 11.9 Å². The number of fused-ring (bicyclic) bond motifs is 1. The van der Waals surface area contributed by atoms with Crippen molar-refractivity contribution in [1.82, 2.24) is 9.78 Å². The molecule has 0 saturated carbocycles. The van der Waals surface area contributed by atoms with Crippen LogP contribution in [0.1, 0.15) is 37.6 Å². The number of halogens is 2. The molecule has 1 N–H and O–H groups in total. The summed E-state index contributed by atoms with van der Waals surface area (Å²) in [5.41, 5.74) is 1.75. The minimum absolute atomic E-state index is 0.0654. The highest BCUT2D eigenvalue weighted by molar-refractivity contribution is 9.10. The second kappa shape index (κ2) is 5.79. The first-order valence-electron chi connectivity index (χ1n) is 7.38. The van der Waals surface area contributed by atoms with Gasteiger partial charge in [-0.3, -0.25) is 0 Å². The van der Waals surface area contributed by atoms with Crippen molar-refractivity contribution in [1.29, 1.82) is 0 Å². The Hall–Kier alpha value is -1.36. The van der Waals surface area contributed by atoms with Gasteiger partial charge in [-0.15, -0.1) is 0 Å². The third-order valence-corrected chi connectivity index (χ3v) is 4.86. The molecule has 3 rings (SSSR count). The fourth-order valence-electron chi connectivity index (χ4n) is 2.98. The summed E-state index contributed by atoms with van der Waals surface area (Å²) in [6.07, 6.45) is 1.95. The zero-order valence-corrected chi connectivity index (χ0v) is 13.8. The number of hydrogen-bond donors (Lipinski definition) is 1. The van der Waals surface area contributed by atoms with Crippen molar-refractivity contribution in [3.63, 3.8) is 0 Å². The maximum Gasteiger partial charge on any atom is 0.139 e. The van der Waals surface area contributed by atoms with Gasteiger partial charge in [0.15, 0.2) is 0 Å². The summed E-state index contributed by atoms with van der Waals surface area (Å²) in [4.78, 5) is 0. The molecule has 0 bridgehead atoms. The van der Waals surface area contributed by atoms with Gasteiger partial charge in [0.2, 0.25) is 0 Å². The van der Waals surface area contributed by atoms with Crippen LogP contribution >= 0.6 is 15.9 Å². The zero-order chi connectivity index (χ0) is 15.0. The molecule has 2 heterocycles. The van der Waals surface area contributed by atoms with Crippen LogP contribution in [0.25, 0.3) is 0 Å². The molecule has 112 valence electrons. The topological polar surface area (TPSA) is 29.9 Å². The first kappa shape index (κ1) is 14.6. The lowest BCUT2D eigenvalue weighted by molar-refractivity contribution is 0.359. The van der Waals surface area contributed by atoms with Crippen LogP contribution in [0, 0.1) is 11.7 Å². The van der Waals surface area contributed by atoms with Gasteiger partial charge < -0.3 is 5.32 Å². The molecule has 0 aliphatic carbocycles. The number of aryl methyl sites for hydroxylation is 1. The van der Waals surface area contributed by atoms with Crippen molar-refractivity contribution < 1.29 is 4.39 Å². The molecule has 1 aliphatic rings. The van der Waals surface area contributed by atoms with E-state index in [1.54, 1.807) is 6.07 Å². The number of aromatic nitrogens is 2. The molecule has 2 aromatic rings. The Morgan fingerprint density at radius 3 is 2.90 bits per heavy atom. The van der Waals surface area contributed by atoms with E-state index >= 15 is 0 Å². The lowest BCUT2D eigenvalue weighted by Crippen LogP contribution is -2.32. The summed E-state index contributed by atoms with van der Waals surface area (Å²) in [7, 11) is 0. The molecule has 3 nitrogen and oxygen atoms in total.